The number of halogens is 1. The molecule has 2 atom stereocenters. The van der Waals surface area contributed by atoms with E-state index in [2.05, 4.69) is 48.5 Å². The molecule has 0 aromatic carbocycles. The predicted octanol–water partition coefficient (Wildman–Crippen LogP) is 4.33. The summed E-state index contributed by atoms with van der Waals surface area (Å²) in [4.78, 5) is 0.689. The van der Waals surface area contributed by atoms with Crippen LogP contribution in [0.15, 0.2) is 0 Å². The number of thioether (sulfide) groups is 1. The van der Waals surface area contributed by atoms with Crippen molar-refractivity contribution >= 4 is 27.7 Å². The zero-order valence-electron chi connectivity index (χ0n) is 8.48. The van der Waals surface area contributed by atoms with Crippen molar-refractivity contribution in [1.82, 2.24) is 0 Å². The van der Waals surface area contributed by atoms with Crippen molar-refractivity contribution in [3.8, 4) is 0 Å². The van der Waals surface area contributed by atoms with E-state index < -0.39 is 0 Å². The molecule has 0 aromatic rings. The smallest absolute Gasteiger partial charge is 0.0145 e. The van der Waals surface area contributed by atoms with Gasteiger partial charge in [0.1, 0.15) is 0 Å². The average Bonchev–Trinajstić information content (AvgIpc) is 2.04. The third kappa shape index (κ3) is 6.36. The van der Waals surface area contributed by atoms with Crippen LogP contribution in [0.5, 0.6) is 0 Å². The zero-order chi connectivity index (χ0) is 9.40. The van der Waals surface area contributed by atoms with Crippen LogP contribution in [0.3, 0.4) is 0 Å². The molecule has 0 fully saturated rings. The summed E-state index contributed by atoms with van der Waals surface area (Å²) in [5, 5.41) is 0. The fourth-order valence-corrected chi connectivity index (χ4v) is 2.65. The van der Waals surface area contributed by atoms with E-state index >= 15 is 0 Å². The average molecular weight is 253 g/mol. The maximum absolute atomic E-state index is 3.66. The topological polar surface area (TPSA) is 0 Å². The van der Waals surface area contributed by atoms with Gasteiger partial charge < -0.3 is 0 Å². The molecular formula is C10H21BrS. The van der Waals surface area contributed by atoms with Gasteiger partial charge in [-0.2, -0.15) is 11.8 Å². The van der Waals surface area contributed by atoms with Crippen LogP contribution in [0.4, 0.5) is 0 Å². The van der Waals surface area contributed by atoms with Gasteiger partial charge in [0, 0.05) is 4.83 Å². The zero-order valence-corrected chi connectivity index (χ0v) is 10.9. The van der Waals surface area contributed by atoms with Crippen molar-refractivity contribution in [3.63, 3.8) is 0 Å². The fraction of sp³-hybridized carbons (Fsp3) is 1.00. The van der Waals surface area contributed by atoms with Crippen LogP contribution in [0.2, 0.25) is 0 Å². The minimum Gasteiger partial charge on any atom is -0.162 e. The molecule has 0 bridgehead atoms. The van der Waals surface area contributed by atoms with Crippen LogP contribution in [0, 0.1) is 5.92 Å². The molecule has 0 aliphatic heterocycles. The van der Waals surface area contributed by atoms with Gasteiger partial charge in [-0.3, -0.25) is 0 Å². The van der Waals surface area contributed by atoms with E-state index in [1.807, 2.05) is 0 Å². The molecule has 0 rings (SSSR count). The lowest BCUT2D eigenvalue weighted by molar-refractivity contribution is 0.468. The first-order chi connectivity index (χ1) is 5.72. The second-order valence-corrected chi connectivity index (χ2v) is 6.02. The standard InChI is InChI=1S/C10H21BrS/c1-4-10(9(3)11)7-6-8-12-5-2/h9-10H,4-8H2,1-3H3. The minimum atomic E-state index is 0.689. The van der Waals surface area contributed by atoms with Crippen molar-refractivity contribution in [1.29, 1.82) is 0 Å². The maximum Gasteiger partial charge on any atom is 0.0145 e. The summed E-state index contributed by atoms with van der Waals surface area (Å²) in [5.74, 6) is 3.48. The van der Waals surface area contributed by atoms with Crippen LogP contribution in [-0.4, -0.2) is 16.3 Å². The van der Waals surface area contributed by atoms with E-state index in [-0.39, 0.29) is 0 Å². The quantitative estimate of drug-likeness (QED) is 0.480. The summed E-state index contributed by atoms with van der Waals surface area (Å²) in [6, 6.07) is 0. The summed E-state index contributed by atoms with van der Waals surface area (Å²) < 4.78 is 0. The van der Waals surface area contributed by atoms with Crippen molar-refractivity contribution in [2.45, 2.75) is 44.9 Å². The van der Waals surface area contributed by atoms with Crippen LogP contribution in [-0.2, 0) is 0 Å². The maximum atomic E-state index is 3.66. The molecule has 0 nitrogen and oxygen atoms in total. The Morgan fingerprint density at radius 2 is 2.00 bits per heavy atom. The Hall–Kier alpha value is 0.830. The number of hydrogen-bond acceptors (Lipinski definition) is 1. The van der Waals surface area contributed by atoms with Crippen LogP contribution in [0.25, 0.3) is 0 Å². The van der Waals surface area contributed by atoms with E-state index in [0.717, 1.165) is 5.92 Å². The summed E-state index contributed by atoms with van der Waals surface area (Å²) in [5.41, 5.74) is 0. The molecular weight excluding hydrogens is 232 g/mol. The summed E-state index contributed by atoms with van der Waals surface area (Å²) in [7, 11) is 0. The van der Waals surface area contributed by atoms with Gasteiger partial charge >= 0.3 is 0 Å². The molecule has 0 radical (unpaired) electrons. The van der Waals surface area contributed by atoms with E-state index in [1.165, 1.54) is 30.8 Å². The molecule has 0 amide bonds. The molecule has 0 heterocycles. The molecule has 12 heavy (non-hydrogen) atoms. The number of hydrogen-bond donors (Lipinski definition) is 0. The largest absolute Gasteiger partial charge is 0.162 e. The van der Waals surface area contributed by atoms with Crippen LogP contribution < -0.4 is 0 Å². The monoisotopic (exact) mass is 252 g/mol. The van der Waals surface area contributed by atoms with Crippen LogP contribution >= 0.6 is 27.7 Å². The highest BCUT2D eigenvalue weighted by Gasteiger charge is 2.11. The highest BCUT2D eigenvalue weighted by molar-refractivity contribution is 9.09. The molecule has 2 heteroatoms. The normalized spacial score (nSPS) is 16.0. The first-order valence-electron chi connectivity index (χ1n) is 4.94. The Morgan fingerprint density at radius 3 is 2.42 bits per heavy atom. The third-order valence-electron chi connectivity index (χ3n) is 2.24. The van der Waals surface area contributed by atoms with Gasteiger partial charge in [-0.25, -0.2) is 0 Å². The molecule has 74 valence electrons. The lowest BCUT2D eigenvalue weighted by Gasteiger charge is -2.16. The Kier molecular flexibility index (Phi) is 9.01. The molecule has 0 saturated carbocycles. The lowest BCUT2D eigenvalue weighted by Crippen LogP contribution is -2.09. The Labute approximate surface area is 90.0 Å². The predicted molar refractivity (Wildman–Crippen MR) is 64.4 cm³/mol. The minimum absolute atomic E-state index is 0.689. The molecule has 0 aliphatic rings. The molecule has 0 N–H and O–H groups in total. The molecule has 0 spiro atoms. The fourth-order valence-electron chi connectivity index (χ4n) is 1.35. The highest BCUT2D eigenvalue weighted by Crippen LogP contribution is 2.22. The number of alkyl halides is 1. The Morgan fingerprint density at radius 1 is 1.33 bits per heavy atom. The van der Waals surface area contributed by atoms with Gasteiger partial charge in [-0.05, 0) is 30.3 Å². The third-order valence-corrected chi connectivity index (χ3v) is 3.97. The van der Waals surface area contributed by atoms with Gasteiger partial charge in [-0.1, -0.05) is 43.1 Å². The van der Waals surface area contributed by atoms with Gasteiger partial charge in [0.2, 0.25) is 0 Å². The Bertz CT molecular complexity index is 93.8. The molecule has 0 aromatic heterocycles. The van der Waals surface area contributed by atoms with Gasteiger partial charge in [-0.15, -0.1) is 0 Å². The van der Waals surface area contributed by atoms with Crippen molar-refractivity contribution in [2.24, 2.45) is 5.92 Å². The summed E-state index contributed by atoms with van der Waals surface area (Å²) in [6.07, 6.45) is 4.08. The first kappa shape index (κ1) is 12.8. The SMILES string of the molecule is CCSCCCC(CC)C(C)Br. The Balaban J connectivity index is 3.32. The van der Waals surface area contributed by atoms with Crippen molar-refractivity contribution in [3.05, 3.63) is 0 Å². The highest BCUT2D eigenvalue weighted by atomic mass is 79.9. The van der Waals surface area contributed by atoms with E-state index in [1.54, 1.807) is 0 Å². The number of rotatable bonds is 7. The van der Waals surface area contributed by atoms with Gasteiger partial charge in [0.25, 0.3) is 0 Å². The van der Waals surface area contributed by atoms with Crippen LogP contribution in [0.1, 0.15) is 40.0 Å². The lowest BCUT2D eigenvalue weighted by atomic mass is 9.98. The molecule has 0 saturated heterocycles. The second-order valence-electron chi connectivity index (χ2n) is 3.19. The van der Waals surface area contributed by atoms with E-state index in [4.69, 9.17) is 0 Å². The van der Waals surface area contributed by atoms with E-state index in [0.29, 0.717) is 4.83 Å². The van der Waals surface area contributed by atoms with E-state index in [9.17, 15) is 0 Å². The summed E-state index contributed by atoms with van der Waals surface area (Å²) >= 11 is 5.72. The second kappa shape index (κ2) is 8.43. The molecule has 2 unspecified atom stereocenters. The van der Waals surface area contributed by atoms with Crippen molar-refractivity contribution in [2.75, 3.05) is 11.5 Å². The van der Waals surface area contributed by atoms with Gasteiger partial charge in [0.05, 0.1) is 0 Å². The summed E-state index contributed by atoms with van der Waals surface area (Å²) in [6.45, 7) is 6.78. The van der Waals surface area contributed by atoms with Gasteiger partial charge in [0.15, 0.2) is 0 Å². The van der Waals surface area contributed by atoms with Crippen molar-refractivity contribution < 1.29 is 0 Å². The molecule has 0 aliphatic carbocycles. The first-order valence-corrected chi connectivity index (χ1v) is 7.01.